The van der Waals surface area contributed by atoms with E-state index in [9.17, 15) is 0 Å². The van der Waals surface area contributed by atoms with Crippen LogP contribution in [0.1, 0.15) is 33.4 Å². The zero-order valence-corrected chi connectivity index (χ0v) is 29.3. The minimum atomic E-state index is -1.46. The average Bonchev–Trinajstić information content (AvgIpc) is 3.71. The minimum absolute atomic E-state index is 0.137. The van der Waals surface area contributed by atoms with Crippen LogP contribution in [0.5, 0.6) is 0 Å². The second kappa shape index (κ2) is 12.3. The van der Waals surface area contributed by atoms with Gasteiger partial charge in [-0.2, -0.15) is 10.2 Å². The van der Waals surface area contributed by atoms with Crippen LogP contribution in [0.15, 0.2) is 174 Å². The Kier molecular flexibility index (Phi) is 7.52. The quantitative estimate of drug-likeness (QED) is 0.124. The lowest BCUT2D eigenvalue weighted by molar-refractivity contribution is -0.130. The van der Waals surface area contributed by atoms with E-state index in [0.29, 0.717) is 28.2 Å². The van der Waals surface area contributed by atoms with Crippen LogP contribution < -0.4 is 4.90 Å². The fourth-order valence-corrected chi connectivity index (χ4v) is 9.10. The predicted molar refractivity (Wildman–Crippen MR) is 207 cm³/mol. The first-order chi connectivity index (χ1) is 25.9. The Balaban J connectivity index is 1.31. The summed E-state index contributed by atoms with van der Waals surface area (Å²) in [6, 6.07) is 52.0. The van der Waals surface area contributed by atoms with Gasteiger partial charge in [-0.25, -0.2) is 4.90 Å². The molecule has 0 N–H and O–H groups in total. The molecule has 1 saturated heterocycles. The van der Waals surface area contributed by atoms with E-state index in [1.54, 1.807) is 24.3 Å². The van der Waals surface area contributed by atoms with Crippen molar-refractivity contribution >= 4 is 45.8 Å². The van der Waals surface area contributed by atoms with E-state index < -0.39 is 22.7 Å². The maximum atomic E-state index is 16.1. The Morgan fingerprint density at radius 1 is 0.453 bits per heavy atom. The number of hydrogen-bond donors (Lipinski definition) is 0. The molecule has 6 aromatic rings. The Bertz CT molecular complexity index is 2330. The highest BCUT2D eigenvalue weighted by Crippen LogP contribution is 2.74. The van der Waals surface area contributed by atoms with Crippen molar-refractivity contribution < 1.29 is 14.4 Å². The van der Waals surface area contributed by atoms with Crippen molar-refractivity contribution in [1.29, 1.82) is 0 Å². The second-order valence-electron chi connectivity index (χ2n) is 14.2. The molecule has 1 aliphatic heterocycles. The zero-order chi connectivity index (χ0) is 36.3. The van der Waals surface area contributed by atoms with Gasteiger partial charge in [0.05, 0.1) is 39.7 Å². The van der Waals surface area contributed by atoms with Gasteiger partial charge in [0.25, 0.3) is 0 Å². The monoisotopic (exact) mass is 689 g/mol. The number of benzene rings is 6. The van der Waals surface area contributed by atoms with E-state index >= 15 is 14.4 Å². The molecular weight excluding hydrogens is 655 g/mol. The number of imide groups is 1. The molecule has 1 heterocycles. The Hall–Kier alpha value is -6.53. The summed E-state index contributed by atoms with van der Waals surface area (Å²) in [4.78, 5) is 48.0. The SMILES string of the molecule is Cc1ccc(C2=C(c3ccc(C)cc3)[C@@]3(c4ccccc4)C(=O)[C@@]2(c2ccccc2)[C@@H]2C(=O)N(c4ccc(N=Nc5ccccc5)cc4)C(=O)[C@H]23)cc1. The third-order valence-electron chi connectivity index (χ3n) is 11.3. The minimum Gasteiger partial charge on any atom is -0.297 e. The number of ketones is 1. The molecule has 1 saturated carbocycles. The fraction of sp³-hybridized carbons (Fsp3) is 0.128. The van der Waals surface area contributed by atoms with Gasteiger partial charge in [-0.05, 0) is 83.6 Å². The van der Waals surface area contributed by atoms with Crippen LogP contribution in [0.25, 0.3) is 11.1 Å². The molecule has 2 aliphatic carbocycles. The molecule has 53 heavy (non-hydrogen) atoms. The number of aryl methyl sites for hydroxylation is 2. The number of Topliss-reactive ketones (excluding diaryl/α,β-unsaturated/α-hetero) is 1. The van der Waals surface area contributed by atoms with Crippen LogP contribution in [0.3, 0.4) is 0 Å². The highest BCUT2D eigenvalue weighted by molar-refractivity contribution is 6.39. The van der Waals surface area contributed by atoms with Crippen LogP contribution >= 0.6 is 0 Å². The van der Waals surface area contributed by atoms with Gasteiger partial charge >= 0.3 is 0 Å². The molecule has 0 aromatic heterocycles. The number of nitrogens with zero attached hydrogens (tertiary/aromatic N) is 3. The van der Waals surface area contributed by atoms with Crippen LogP contribution in [0.2, 0.25) is 0 Å². The molecule has 0 unspecified atom stereocenters. The van der Waals surface area contributed by atoms with Crippen molar-refractivity contribution in [1.82, 2.24) is 0 Å². The summed E-state index contributed by atoms with van der Waals surface area (Å²) < 4.78 is 0. The summed E-state index contributed by atoms with van der Waals surface area (Å²) in [6.07, 6.45) is 0. The van der Waals surface area contributed by atoms with Crippen molar-refractivity contribution in [3.05, 3.63) is 197 Å². The van der Waals surface area contributed by atoms with Gasteiger partial charge in [-0.15, -0.1) is 0 Å². The van der Waals surface area contributed by atoms with Crippen LogP contribution in [0.4, 0.5) is 17.1 Å². The Morgan fingerprint density at radius 2 is 0.830 bits per heavy atom. The number of azo groups is 1. The van der Waals surface area contributed by atoms with Gasteiger partial charge in [-0.3, -0.25) is 14.4 Å². The summed E-state index contributed by atoms with van der Waals surface area (Å²) in [5, 5.41) is 8.69. The number of carbonyl (C=O) groups excluding carboxylic acids is 3. The molecule has 3 aliphatic rings. The number of hydrogen-bond acceptors (Lipinski definition) is 5. The number of anilines is 1. The molecule has 6 aromatic carbocycles. The number of carbonyl (C=O) groups is 3. The van der Waals surface area contributed by atoms with E-state index in [2.05, 4.69) is 10.2 Å². The van der Waals surface area contributed by atoms with E-state index in [1.165, 1.54) is 4.90 Å². The third-order valence-corrected chi connectivity index (χ3v) is 11.3. The number of rotatable bonds is 7. The number of amides is 2. The topological polar surface area (TPSA) is 79.2 Å². The molecule has 6 nitrogen and oxygen atoms in total. The molecule has 256 valence electrons. The van der Waals surface area contributed by atoms with E-state index in [4.69, 9.17) is 0 Å². The molecule has 2 amide bonds. The molecule has 2 fully saturated rings. The molecule has 0 spiro atoms. The third kappa shape index (κ3) is 4.61. The fourth-order valence-electron chi connectivity index (χ4n) is 9.10. The molecule has 2 bridgehead atoms. The zero-order valence-electron chi connectivity index (χ0n) is 29.3. The smallest absolute Gasteiger partial charge is 0.239 e. The first kappa shape index (κ1) is 32.4. The first-order valence-electron chi connectivity index (χ1n) is 17.9. The van der Waals surface area contributed by atoms with E-state index in [-0.39, 0.29) is 17.6 Å². The molecule has 0 radical (unpaired) electrons. The summed E-state index contributed by atoms with van der Waals surface area (Å²) in [5.41, 5.74) is 5.65. The Morgan fingerprint density at radius 3 is 1.25 bits per heavy atom. The summed E-state index contributed by atoms with van der Waals surface area (Å²) in [5.74, 6) is -2.90. The van der Waals surface area contributed by atoms with Crippen molar-refractivity contribution in [2.24, 2.45) is 22.1 Å². The lowest BCUT2D eigenvalue weighted by Crippen LogP contribution is -2.45. The normalized spacial score (nSPS) is 23.4. The van der Waals surface area contributed by atoms with Gasteiger partial charge in [0.1, 0.15) is 0 Å². The van der Waals surface area contributed by atoms with Gasteiger partial charge in [0, 0.05) is 0 Å². The summed E-state index contributed by atoms with van der Waals surface area (Å²) in [7, 11) is 0. The maximum Gasteiger partial charge on any atom is 0.239 e. The molecular formula is C47H35N3O3. The van der Waals surface area contributed by atoms with Crippen molar-refractivity contribution in [2.45, 2.75) is 24.7 Å². The van der Waals surface area contributed by atoms with Crippen molar-refractivity contribution in [3.63, 3.8) is 0 Å². The lowest BCUT2D eigenvalue weighted by atomic mass is 9.59. The average molecular weight is 690 g/mol. The highest BCUT2D eigenvalue weighted by atomic mass is 16.2. The van der Waals surface area contributed by atoms with Gasteiger partial charge in [0.15, 0.2) is 5.78 Å². The number of fused-ring (bicyclic) bond motifs is 5. The van der Waals surface area contributed by atoms with E-state index in [0.717, 1.165) is 33.4 Å². The van der Waals surface area contributed by atoms with Crippen LogP contribution in [-0.4, -0.2) is 17.6 Å². The highest BCUT2D eigenvalue weighted by Gasteiger charge is 2.82. The summed E-state index contributed by atoms with van der Waals surface area (Å²) >= 11 is 0. The number of allylic oxidation sites excluding steroid dienone is 2. The first-order valence-corrected chi connectivity index (χ1v) is 17.9. The molecule has 9 rings (SSSR count). The molecule has 4 atom stereocenters. The predicted octanol–water partition coefficient (Wildman–Crippen LogP) is 9.91. The maximum absolute atomic E-state index is 16.1. The van der Waals surface area contributed by atoms with Gasteiger partial charge in [0.2, 0.25) is 11.8 Å². The largest absolute Gasteiger partial charge is 0.297 e. The standard InChI is InChI=1S/C47H35N3O3/c1-30-18-22-32(23-19-30)39-40(33-24-20-31(2)21-25-33)47(35-14-8-4-9-15-35)42-41(46(39,45(47)53)34-12-6-3-7-13-34)43(51)50(44(42)52)38-28-26-37(27-29-38)49-48-36-16-10-5-11-17-36/h3-29,41-42H,1-2H3/t41-,42-,46+,47+/m0/s1. The van der Waals surface area contributed by atoms with Gasteiger partial charge in [-0.1, -0.05) is 139 Å². The van der Waals surface area contributed by atoms with Crippen molar-refractivity contribution in [2.75, 3.05) is 4.90 Å². The van der Waals surface area contributed by atoms with Crippen LogP contribution in [0, 0.1) is 25.7 Å². The second-order valence-corrected chi connectivity index (χ2v) is 14.2. The Labute approximate surface area is 308 Å². The summed E-state index contributed by atoms with van der Waals surface area (Å²) in [6.45, 7) is 4.07. The van der Waals surface area contributed by atoms with Gasteiger partial charge < -0.3 is 0 Å². The van der Waals surface area contributed by atoms with Crippen molar-refractivity contribution in [3.8, 4) is 0 Å². The van der Waals surface area contributed by atoms with E-state index in [1.807, 2.05) is 153 Å². The lowest BCUT2D eigenvalue weighted by Gasteiger charge is -2.39. The van der Waals surface area contributed by atoms with Crippen LogP contribution in [-0.2, 0) is 25.2 Å². The molecule has 6 heteroatoms.